The molecule has 0 saturated heterocycles. The molecule has 0 amide bonds. The number of nitrogens with zero attached hydrogens (tertiary/aromatic N) is 1. The number of benzene rings is 1. The molecule has 0 aliphatic heterocycles. The maximum Gasteiger partial charge on any atom is 0.416 e. The van der Waals surface area contributed by atoms with Gasteiger partial charge in [0.2, 0.25) is 0 Å². The lowest BCUT2D eigenvalue weighted by Gasteiger charge is -2.07. The number of hydrogen-bond donors (Lipinski definition) is 0. The van der Waals surface area contributed by atoms with E-state index in [0.29, 0.717) is 6.07 Å². The SMILES string of the molecule is N#S(F)(F)c1cccc(C(F)(F)F)c1. The van der Waals surface area contributed by atoms with Crippen molar-refractivity contribution in [1.82, 2.24) is 0 Å². The monoisotopic (exact) mass is 229 g/mol. The molecule has 1 rings (SSSR count). The second kappa shape index (κ2) is 3.25. The molecular weight excluding hydrogens is 225 g/mol. The molecule has 0 atom stereocenters. The summed E-state index contributed by atoms with van der Waals surface area (Å²) in [6, 6.07) is 2.49. The minimum atomic E-state index is -5.09. The number of halogens is 5. The van der Waals surface area contributed by atoms with Gasteiger partial charge < -0.3 is 0 Å². The first-order chi connectivity index (χ1) is 6.21. The molecule has 1 aromatic carbocycles. The third kappa shape index (κ3) is 2.46. The molecular formula is C7H4F5NS. The quantitative estimate of drug-likeness (QED) is 0.614. The Bertz CT molecular complexity index is 433. The first kappa shape index (κ1) is 11.0. The van der Waals surface area contributed by atoms with Crippen molar-refractivity contribution in [3.8, 4) is 0 Å². The van der Waals surface area contributed by atoms with E-state index in [9.17, 15) is 20.9 Å². The van der Waals surface area contributed by atoms with Gasteiger partial charge in [-0.2, -0.15) is 17.8 Å². The fourth-order valence-corrected chi connectivity index (χ4v) is 1.34. The molecule has 0 aromatic heterocycles. The lowest BCUT2D eigenvalue weighted by atomic mass is 10.2. The van der Waals surface area contributed by atoms with Crippen LogP contribution in [-0.2, 0) is 6.18 Å². The zero-order valence-corrected chi connectivity index (χ0v) is 7.37. The summed E-state index contributed by atoms with van der Waals surface area (Å²) in [6.45, 7) is 0. The summed E-state index contributed by atoms with van der Waals surface area (Å²) in [6.07, 6.45) is -4.68. The van der Waals surface area contributed by atoms with Gasteiger partial charge in [0.1, 0.15) is 0 Å². The Morgan fingerprint density at radius 2 is 1.71 bits per heavy atom. The maximum absolute atomic E-state index is 12.3. The maximum atomic E-state index is 12.3. The van der Waals surface area contributed by atoms with Crippen molar-refractivity contribution >= 4 is 10.4 Å². The average molecular weight is 229 g/mol. The zero-order chi connectivity index (χ0) is 11.0. The summed E-state index contributed by atoms with van der Waals surface area (Å²) in [4.78, 5) is -0.993. The Hall–Kier alpha value is -1.07. The molecule has 0 N–H and O–H groups in total. The second-order valence-corrected chi connectivity index (χ2v) is 3.82. The molecule has 78 valence electrons. The molecule has 14 heavy (non-hydrogen) atoms. The van der Waals surface area contributed by atoms with Crippen LogP contribution in [0.15, 0.2) is 29.2 Å². The van der Waals surface area contributed by atoms with E-state index in [2.05, 4.69) is 0 Å². The summed E-state index contributed by atoms with van der Waals surface area (Å²) in [7, 11) is -5.09. The van der Waals surface area contributed by atoms with Gasteiger partial charge in [-0.25, -0.2) is 0 Å². The van der Waals surface area contributed by atoms with Gasteiger partial charge in [0, 0.05) is 0 Å². The first-order valence-corrected chi connectivity index (χ1v) is 4.72. The fraction of sp³-hybridized carbons (Fsp3) is 0.143. The van der Waals surface area contributed by atoms with Crippen molar-refractivity contribution in [2.24, 2.45) is 0 Å². The number of rotatable bonds is 0. The Morgan fingerprint density at radius 3 is 2.14 bits per heavy atom. The van der Waals surface area contributed by atoms with Crippen LogP contribution in [0, 0.1) is 4.61 Å². The molecule has 0 aliphatic carbocycles. The third-order valence-electron chi connectivity index (χ3n) is 1.44. The van der Waals surface area contributed by atoms with Crippen LogP contribution in [0.4, 0.5) is 20.9 Å². The van der Waals surface area contributed by atoms with Gasteiger partial charge in [-0.3, -0.25) is 0 Å². The summed E-state index contributed by atoms with van der Waals surface area (Å²) in [5.41, 5.74) is -1.20. The lowest BCUT2D eigenvalue weighted by molar-refractivity contribution is -0.137. The molecule has 1 nitrogen and oxygen atoms in total. The van der Waals surface area contributed by atoms with Crippen molar-refractivity contribution in [1.29, 1.82) is 4.61 Å². The van der Waals surface area contributed by atoms with Gasteiger partial charge in [0.05, 0.1) is 10.5 Å². The molecule has 0 bridgehead atoms. The highest BCUT2D eigenvalue weighted by Gasteiger charge is 2.31. The molecule has 0 heterocycles. The minimum Gasteiger partial charge on any atom is -0.166 e. The summed E-state index contributed by atoms with van der Waals surface area (Å²) in [5.74, 6) is 0. The van der Waals surface area contributed by atoms with Gasteiger partial charge in [-0.05, 0) is 18.2 Å². The van der Waals surface area contributed by atoms with Gasteiger partial charge >= 0.3 is 6.18 Å². The highest BCUT2D eigenvalue weighted by atomic mass is 32.3. The van der Waals surface area contributed by atoms with E-state index in [1.54, 1.807) is 0 Å². The Labute approximate surface area is 77.7 Å². The van der Waals surface area contributed by atoms with E-state index in [1.165, 1.54) is 0 Å². The Morgan fingerprint density at radius 1 is 1.14 bits per heavy atom. The van der Waals surface area contributed by atoms with Crippen LogP contribution in [-0.4, -0.2) is 0 Å². The molecule has 0 unspecified atom stereocenters. The highest BCUT2D eigenvalue weighted by Crippen LogP contribution is 2.46. The molecule has 0 radical (unpaired) electrons. The molecule has 0 saturated carbocycles. The third-order valence-corrected chi connectivity index (χ3v) is 2.27. The highest BCUT2D eigenvalue weighted by molar-refractivity contribution is 8.12. The Balaban J connectivity index is 3.24. The van der Waals surface area contributed by atoms with Crippen LogP contribution in [0.2, 0.25) is 0 Å². The fourth-order valence-electron chi connectivity index (χ4n) is 0.825. The van der Waals surface area contributed by atoms with Crippen molar-refractivity contribution in [3.05, 3.63) is 29.8 Å². The molecule has 0 aliphatic rings. The van der Waals surface area contributed by atoms with Crippen LogP contribution in [0.5, 0.6) is 0 Å². The zero-order valence-electron chi connectivity index (χ0n) is 6.55. The number of hydrogen-bond acceptors (Lipinski definition) is 1. The molecule has 0 spiro atoms. The normalized spacial score (nSPS) is 12.9. The minimum absolute atomic E-state index is 0.245. The average Bonchev–Trinajstić information content (AvgIpc) is 2.01. The topological polar surface area (TPSA) is 23.8 Å². The lowest BCUT2D eigenvalue weighted by Crippen LogP contribution is -2.04. The van der Waals surface area contributed by atoms with Crippen LogP contribution in [0.3, 0.4) is 0 Å². The second-order valence-electron chi connectivity index (χ2n) is 2.47. The van der Waals surface area contributed by atoms with Crippen molar-refractivity contribution in [3.63, 3.8) is 0 Å². The van der Waals surface area contributed by atoms with Gasteiger partial charge in [0.15, 0.2) is 0 Å². The van der Waals surface area contributed by atoms with Crippen LogP contribution < -0.4 is 0 Å². The number of alkyl halides is 3. The Kier molecular flexibility index (Phi) is 2.56. The summed E-state index contributed by atoms with van der Waals surface area (Å²) >= 11 is 0. The van der Waals surface area contributed by atoms with Crippen molar-refractivity contribution < 1.29 is 20.9 Å². The molecule has 7 heteroatoms. The van der Waals surface area contributed by atoms with E-state index < -0.39 is 27.1 Å². The summed E-state index contributed by atoms with van der Waals surface area (Å²) in [5, 5.41) is 0. The van der Waals surface area contributed by atoms with Crippen LogP contribution in [0.1, 0.15) is 5.56 Å². The van der Waals surface area contributed by atoms with Crippen LogP contribution >= 0.6 is 10.4 Å². The largest absolute Gasteiger partial charge is 0.416 e. The predicted molar refractivity (Wildman–Crippen MR) is 41.2 cm³/mol. The summed E-state index contributed by atoms with van der Waals surface area (Å²) < 4.78 is 69.0. The van der Waals surface area contributed by atoms with E-state index >= 15 is 0 Å². The van der Waals surface area contributed by atoms with Gasteiger partial charge in [-0.15, -0.1) is 7.77 Å². The predicted octanol–water partition coefficient (Wildman–Crippen LogP) is 4.12. The molecule has 1 aromatic rings. The van der Waals surface area contributed by atoms with E-state index in [4.69, 9.17) is 4.61 Å². The smallest absolute Gasteiger partial charge is 0.166 e. The van der Waals surface area contributed by atoms with Crippen molar-refractivity contribution in [2.45, 2.75) is 11.1 Å². The van der Waals surface area contributed by atoms with E-state index in [1.807, 2.05) is 0 Å². The standard InChI is InChI=1S/C7H4F5NS/c8-7(9,10)5-2-1-3-6(4-5)14(11,12)13/h1-4H. The first-order valence-electron chi connectivity index (χ1n) is 3.33. The van der Waals surface area contributed by atoms with Crippen LogP contribution in [0.25, 0.3) is 0 Å². The van der Waals surface area contributed by atoms with Crippen molar-refractivity contribution in [2.75, 3.05) is 0 Å². The van der Waals surface area contributed by atoms with Gasteiger partial charge in [0.25, 0.3) is 10.4 Å². The van der Waals surface area contributed by atoms with Gasteiger partial charge in [-0.1, -0.05) is 6.07 Å². The van der Waals surface area contributed by atoms with E-state index in [-0.39, 0.29) is 6.07 Å². The van der Waals surface area contributed by atoms with E-state index in [0.717, 1.165) is 12.1 Å². The molecule has 0 fully saturated rings.